The third-order valence-electron chi connectivity index (χ3n) is 6.20. The molecule has 1 aliphatic carbocycles. The first kappa shape index (κ1) is 20.1. The van der Waals surface area contributed by atoms with Crippen molar-refractivity contribution in [1.82, 2.24) is 24.7 Å². The van der Waals surface area contributed by atoms with Crippen molar-refractivity contribution in [1.29, 1.82) is 0 Å². The largest absolute Gasteiger partial charge is 0.345 e. The number of carbonyl (C=O) groups is 1. The van der Waals surface area contributed by atoms with Crippen molar-refractivity contribution in [3.8, 4) is 22.3 Å². The van der Waals surface area contributed by atoms with Gasteiger partial charge in [-0.3, -0.25) is 14.5 Å². The number of pyridine rings is 2. The van der Waals surface area contributed by atoms with E-state index in [1.807, 2.05) is 48.8 Å². The summed E-state index contributed by atoms with van der Waals surface area (Å²) in [6.45, 7) is 3.65. The molecule has 1 aliphatic rings. The number of rotatable bonds is 6. The van der Waals surface area contributed by atoms with E-state index in [-0.39, 0.29) is 5.78 Å². The second-order valence-corrected chi connectivity index (χ2v) is 8.37. The predicted octanol–water partition coefficient (Wildman–Crippen LogP) is 5.35. The van der Waals surface area contributed by atoms with E-state index in [4.69, 9.17) is 4.98 Å². The zero-order valence-electron chi connectivity index (χ0n) is 18.1. The number of ketones is 1. The lowest BCUT2D eigenvalue weighted by atomic mass is 9.80. The van der Waals surface area contributed by atoms with Crippen LogP contribution in [0.25, 0.3) is 38.9 Å². The summed E-state index contributed by atoms with van der Waals surface area (Å²) < 4.78 is 1.81. The molecule has 1 atom stereocenters. The van der Waals surface area contributed by atoms with Crippen molar-refractivity contribution in [3.63, 3.8) is 0 Å². The smallest absolute Gasteiger partial charge is 0.155 e. The van der Waals surface area contributed by atoms with E-state index < -0.39 is 0 Å². The fraction of sp³-hybridized carbons (Fsp3) is 0.231. The molecule has 0 saturated heterocycles. The maximum absolute atomic E-state index is 12.1. The number of carbonyl (C=O) groups excluding carboxylic acids is 1. The Balaban J connectivity index is 1.71. The van der Waals surface area contributed by atoms with Gasteiger partial charge in [0.25, 0.3) is 0 Å². The second-order valence-electron chi connectivity index (χ2n) is 8.37. The van der Waals surface area contributed by atoms with Gasteiger partial charge in [0.2, 0.25) is 0 Å². The van der Waals surface area contributed by atoms with E-state index in [0.717, 1.165) is 52.5 Å². The molecule has 160 valence electrons. The third-order valence-corrected chi connectivity index (χ3v) is 6.20. The topological polar surface area (TPSA) is 76.5 Å². The van der Waals surface area contributed by atoms with Gasteiger partial charge in [0, 0.05) is 72.1 Å². The quantitative estimate of drug-likeness (QED) is 0.424. The molecule has 1 unspecified atom stereocenters. The van der Waals surface area contributed by atoms with Crippen LogP contribution in [0.15, 0.2) is 68.0 Å². The molecule has 0 aliphatic heterocycles. The van der Waals surface area contributed by atoms with Gasteiger partial charge in [0.15, 0.2) is 5.78 Å². The fourth-order valence-corrected chi connectivity index (χ4v) is 4.69. The number of aryl methyl sites for hydroxylation is 1. The number of aromatic amines is 1. The lowest BCUT2D eigenvalue weighted by Gasteiger charge is -2.24. The highest BCUT2D eigenvalue weighted by molar-refractivity contribution is 6.05. The molecule has 1 N–H and O–H groups in total. The number of allylic oxidation sites excluding steroid dienone is 3. The Labute approximate surface area is 186 Å². The number of hydrogen-bond acceptors (Lipinski definition) is 4. The minimum atomic E-state index is 0.112. The molecule has 0 saturated carbocycles. The zero-order valence-corrected chi connectivity index (χ0v) is 18.1. The Morgan fingerprint density at radius 1 is 1.28 bits per heavy atom. The van der Waals surface area contributed by atoms with Crippen LogP contribution in [-0.2, 0) is 11.8 Å². The number of H-pyrrole nitrogens is 1. The molecular weight excluding hydrogens is 398 g/mol. The molecule has 4 aromatic rings. The second kappa shape index (κ2) is 8.38. The van der Waals surface area contributed by atoms with E-state index in [2.05, 4.69) is 33.8 Å². The third kappa shape index (κ3) is 3.68. The molecule has 0 radical (unpaired) electrons. The monoisotopic (exact) mass is 423 g/mol. The minimum Gasteiger partial charge on any atom is -0.345 e. The van der Waals surface area contributed by atoms with Crippen molar-refractivity contribution in [3.05, 3.63) is 73.6 Å². The predicted molar refractivity (Wildman–Crippen MR) is 127 cm³/mol. The van der Waals surface area contributed by atoms with E-state index in [1.54, 1.807) is 6.20 Å². The molecule has 0 bridgehead atoms. The van der Waals surface area contributed by atoms with E-state index in [0.29, 0.717) is 12.3 Å². The van der Waals surface area contributed by atoms with Gasteiger partial charge in [0.1, 0.15) is 5.65 Å². The van der Waals surface area contributed by atoms with Crippen molar-refractivity contribution < 1.29 is 4.79 Å². The summed E-state index contributed by atoms with van der Waals surface area (Å²) in [5, 5.41) is 5.47. The number of aromatic nitrogens is 5. The lowest BCUT2D eigenvalue weighted by molar-refractivity contribution is -0.115. The summed E-state index contributed by atoms with van der Waals surface area (Å²) in [6.07, 6.45) is 18.6. The highest BCUT2D eigenvalue weighted by Crippen LogP contribution is 2.43. The standard InChI is InChI=1S/C26H25N5O/c1-3-21(32)11-17-6-4-7-18(10-17)24-23(20-13-30-31(2)16-20)15-29-26-25(24)22(14-28-26)19-8-5-9-27-12-19/h3,5,7-9,12-17H,1,4,6,10-11H2,2H3,(H,28,29). The average Bonchev–Trinajstić information content (AvgIpc) is 3.45. The SMILES string of the molecule is C=CC(=O)CC1CCC=C(c2c(-c3cnn(C)c3)cnc3[nH]cc(-c4cccnc4)c23)C1. The highest BCUT2D eigenvalue weighted by atomic mass is 16.1. The first-order valence-corrected chi connectivity index (χ1v) is 10.9. The van der Waals surface area contributed by atoms with Crippen LogP contribution in [0, 0.1) is 5.92 Å². The van der Waals surface area contributed by atoms with Crippen LogP contribution in [0.2, 0.25) is 0 Å². The summed E-state index contributed by atoms with van der Waals surface area (Å²) in [7, 11) is 1.92. The van der Waals surface area contributed by atoms with Gasteiger partial charge in [-0.25, -0.2) is 4.98 Å². The molecule has 6 nitrogen and oxygen atoms in total. The van der Waals surface area contributed by atoms with Crippen LogP contribution in [0.1, 0.15) is 31.2 Å². The highest BCUT2D eigenvalue weighted by Gasteiger charge is 2.25. The maximum atomic E-state index is 12.1. The molecule has 4 aromatic heterocycles. The molecule has 0 amide bonds. The summed E-state index contributed by atoms with van der Waals surface area (Å²) in [4.78, 5) is 24.5. The number of nitrogens with zero attached hydrogens (tertiary/aromatic N) is 4. The lowest BCUT2D eigenvalue weighted by Crippen LogP contribution is -2.11. The average molecular weight is 424 g/mol. The minimum absolute atomic E-state index is 0.112. The summed E-state index contributed by atoms with van der Waals surface area (Å²) in [5.74, 6) is 0.424. The Kier molecular flexibility index (Phi) is 5.27. The van der Waals surface area contributed by atoms with E-state index in [1.165, 1.54) is 17.2 Å². The summed E-state index contributed by atoms with van der Waals surface area (Å²) >= 11 is 0. The number of nitrogens with one attached hydrogen (secondary N) is 1. The molecule has 0 aromatic carbocycles. The molecule has 32 heavy (non-hydrogen) atoms. The molecule has 5 rings (SSSR count). The molecule has 4 heterocycles. The normalized spacial score (nSPS) is 16.2. The van der Waals surface area contributed by atoms with Gasteiger partial charge < -0.3 is 4.98 Å². The van der Waals surface area contributed by atoms with Gasteiger partial charge in [-0.1, -0.05) is 18.7 Å². The molecular formula is C26H25N5O. The van der Waals surface area contributed by atoms with Crippen molar-refractivity contribution in [2.75, 3.05) is 0 Å². The Bertz CT molecular complexity index is 1330. The van der Waals surface area contributed by atoms with Crippen LogP contribution < -0.4 is 0 Å². The number of hydrogen-bond donors (Lipinski definition) is 1. The van der Waals surface area contributed by atoms with Gasteiger partial charge in [0.05, 0.1) is 6.20 Å². The maximum Gasteiger partial charge on any atom is 0.155 e. The van der Waals surface area contributed by atoms with Crippen LogP contribution in [0.5, 0.6) is 0 Å². The Morgan fingerprint density at radius 3 is 2.94 bits per heavy atom. The van der Waals surface area contributed by atoms with Crippen LogP contribution in [0.3, 0.4) is 0 Å². The van der Waals surface area contributed by atoms with Gasteiger partial charge >= 0.3 is 0 Å². The first-order chi connectivity index (χ1) is 15.6. The van der Waals surface area contributed by atoms with E-state index in [9.17, 15) is 4.79 Å². The first-order valence-electron chi connectivity index (χ1n) is 10.9. The molecule has 0 spiro atoms. The Morgan fingerprint density at radius 2 is 2.19 bits per heavy atom. The van der Waals surface area contributed by atoms with Crippen LogP contribution >= 0.6 is 0 Å². The molecule has 0 fully saturated rings. The van der Waals surface area contributed by atoms with E-state index >= 15 is 0 Å². The van der Waals surface area contributed by atoms with Crippen molar-refractivity contribution in [2.24, 2.45) is 13.0 Å². The zero-order chi connectivity index (χ0) is 22.1. The molecule has 6 heteroatoms. The van der Waals surface area contributed by atoms with Gasteiger partial charge in [-0.2, -0.15) is 5.10 Å². The Hall–Kier alpha value is -3.80. The van der Waals surface area contributed by atoms with Crippen LogP contribution in [-0.4, -0.2) is 30.5 Å². The number of fused-ring (bicyclic) bond motifs is 1. The van der Waals surface area contributed by atoms with Gasteiger partial charge in [-0.15, -0.1) is 0 Å². The van der Waals surface area contributed by atoms with Crippen molar-refractivity contribution in [2.45, 2.75) is 25.7 Å². The van der Waals surface area contributed by atoms with Crippen molar-refractivity contribution >= 4 is 22.4 Å². The summed E-state index contributed by atoms with van der Waals surface area (Å²) in [5.41, 5.74) is 7.47. The van der Waals surface area contributed by atoms with Crippen LogP contribution in [0.4, 0.5) is 0 Å². The fourth-order valence-electron chi connectivity index (χ4n) is 4.69. The van der Waals surface area contributed by atoms with Gasteiger partial charge in [-0.05, 0) is 48.5 Å². The summed E-state index contributed by atoms with van der Waals surface area (Å²) in [6, 6.07) is 4.01.